The molecule has 0 saturated heterocycles. The summed E-state index contributed by atoms with van der Waals surface area (Å²) in [6, 6.07) is 9.92. The van der Waals surface area contributed by atoms with E-state index in [9.17, 15) is 5.11 Å². The Morgan fingerprint density at radius 3 is 2.57 bits per heavy atom. The van der Waals surface area contributed by atoms with E-state index < -0.39 is 5.60 Å². The van der Waals surface area contributed by atoms with Gasteiger partial charge in [0.25, 0.3) is 0 Å². The Morgan fingerprint density at radius 2 is 2.00 bits per heavy atom. The van der Waals surface area contributed by atoms with Gasteiger partial charge >= 0.3 is 0 Å². The van der Waals surface area contributed by atoms with Gasteiger partial charge in [0.2, 0.25) is 0 Å². The van der Waals surface area contributed by atoms with Gasteiger partial charge in [0, 0.05) is 0 Å². The highest BCUT2D eigenvalue weighted by Gasteiger charge is 2.12. The van der Waals surface area contributed by atoms with Gasteiger partial charge in [-0.2, -0.15) is 0 Å². The molecule has 0 spiro atoms. The lowest BCUT2D eigenvalue weighted by Crippen LogP contribution is -2.18. The van der Waals surface area contributed by atoms with Gasteiger partial charge in [0.1, 0.15) is 0 Å². The minimum Gasteiger partial charge on any atom is -0.386 e. The highest BCUT2D eigenvalue weighted by molar-refractivity contribution is 5.50. The van der Waals surface area contributed by atoms with Gasteiger partial charge in [-0.1, -0.05) is 48.6 Å². The van der Waals surface area contributed by atoms with Crippen LogP contribution in [0.1, 0.15) is 18.9 Å². The fourth-order valence-corrected chi connectivity index (χ4v) is 1.20. The van der Waals surface area contributed by atoms with Gasteiger partial charge in [-0.05, 0) is 18.9 Å². The largest absolute Gasteiger partial charge is 0.386 e. The number of rotatable bonds is 4. The quantitative estimate of drug-likeness (QED) is 0.720. The summed E-state index contributed by atoms with van der Waals surface area (Å²) < 4.78 is 0. The van der Waals surface area contributed by atoms with E-state index in [-0.39, 0.29) is 0 Å². The van der Waals surface area contributed by atoms with E-state index in [4.69, 9.17) is 0 Å². The van der Waals surface area contributed by atoms with Crippen molar-refractivity contribution in [3.8, 4) is 0 Å². The first kappa shape index (κ1) is 10.7. The van der Waals surface area contributed by atoms with Crippen molar-refractivity contribution >= 4 is 6.08 Å². The van der Waals surface area contributed by atoms with Crippen LogP contribution in [-0.4, -0.2) is 10.7 Å². The maximum Gasteiger partial charge on any atom is 0.0837 e. The normalized spacial score (nSPS) is 15.3. The van der Waals surface area contributed by atoms with Gasteiger partial charge in [-0.25, -0.2) is 0 Å². The number of benzene rings is 1. The lowest BCUT2D eigenvalue weighted by Gasteiger charge is -2.15. The molecule has 1 rings (SSSR count). The van der Waals surface area contributed by atoms with Crippen molar-refractivity contribution in [2.75, 3.05) is 0 Å². The summed E-state index contributed by atoms with van der Waals surface area (Å²) in [4.78, 5) is 0. The van der Waals surface area contributed by atoms with E-state index in [1.54, 1.807) is 19.1 Å². The molecule has 1 unspecified atom stereocenters. The van der Waals surface area contributed by atoms with Crippen molar-refractivity contribution in [2.45, 2.75) is 18.9 Å². The first-order valence-corrected chi connectivity index (χ1v) is 4.72. The lowest BCUT2D eigenvalue weighted by molar-refractivity contribution is 0.116. The minimum atomic E-state index is -0.794. The monoisotopic (exact) mass is 188 g/mol. The SMILES string of the molecule is C=CCC(C)(O)/C=C/c1ccccc1. The van der Waals surface area contributed by atoms with E-state index >= 15 is 0 Å². The maximum absolute atomic E-state index is 9.82. The molecule has 0 aromatic heterocycles. The fraction of sp³-hybridized carbons (Fsp3) is 0.231. The van der Waals surface area contributed by atoms with E-state index in [0.717, 1.165) is 5.56 Å². The summed E-state index contributed by atoms with van der Waals surface area (Å²) in [7, 11) is 0. The van der Waals surface area contributed by atoms with Gasteiger partial charge in [0.15, 0.2) is 0 Å². The number of aliphatic hydroxyl groups is 1. The Balaban J connectivity index is 2.68. The molecule has 1 nitrogen and oxygen atoms in total. The zero-order chi connectivity index (χ0) is 10.4. The second kappa shape index (κ2) is 4.77. The van der Waals surface area contributed by atoms with E-state index in [2.05, 4.69) is 6.58 Å². The van der Waals surface area contributed by atoms with Crippen LogP contribution in [0.2, 0.25) is 0 Å². The molecule has 14 heavy (non-hydrogen) atoms. The zero-order valence-corrected chi connectivity index (χ0v) is 8.48. The molecule has 1 heteroatoms. The van der Waals surface area contributed by atoms with E-state index in [1.807, 2.05) is 36.4 Å². The molecule has 0 aliphatic carbocycles. The molecule has 1 aromatic rings. The summed E-state index contributed by atoms with van der Waals surface area (Å²) in [5, 5.41) is 9.82. The molecular weight excluding hydrogens is 172 g/mol. The summed E-state index contributed by atoms with van der Waals surface area (Å²) in [6.07, 6.45) is 6.00. The predicted octanol–water partition coefficient (Wildman–Crippen LogP) is 3.03. The highest BCUT2D eigenvalue weighted by atomic mass is 16.3. The van der Waals surface area contributed by atoms with Crippen LogP contribution >= 0.6 is 0 Å². The Hall–Kier alpha value is -1.34. The summed E-state index contributed by atoms with van der Waals surface area (Å²) in [5.74, 6) is 0. The first-order valence-electron chi connectivity index (χ1n) is 4.72. The van der Waals surface area contributed by atoms with Crippen molar-refractivity contribution in [1.29, 1.82) is 0 Å². The van der Waals surface area contributed by atoms with Crippen molar-refractivity contribution in [3.05, 3.63) is 54.6 Å². The first-order chi connectivity index (χ1) is 6.64. The molecular formula is C13H16O. The Bertz CT molecular complexity index is 309. The second-order valence-corrected chi connectivity index (χ2v) is 3.59. The van der Waals surface area contributed by atoms with Crippen LogP contribution in [0.3, 0.4) is 0 Å². The van der Waals surface area contributed by atoms with Crippen molar-refractivity contribution < 1.29 is 5.11 Å². The fourth-order valence-electron chi connectivity index (χ4n) is 1.20. The second-order valence-electron chi connectivity index (χ2n) is 3.59. The molecule has 0 saturated carbocycles. The molecule has 0 radical (unpaired) electrons. The van der Waals surface area contributed by atoms with Gasteiger partial charge < -0.3 is 5.11 Å². The van der Waals surface area contributed by atoms with Crippen LogP contribution in [0.25, 0.3) is 6.08 Å². The topological polar surface area (TPSA) is 20.2 Å². The molecule has 0 aliphatic rings. The Morgan fingerprint density at radius 1 is 1.36 bits per heavy atom. The summed E-state index contributed by atoms with van der Waals surface area (Å²) in [6.45, 7) is 5.38. The number of hydrogen-bond donors (Lipinski definition) is 1. The van der Waals surface area contributed by atoms with E-state index in [1.165, 1.54) is 0 Å². The lowest BCUT2D eigenvalue weighted by atomic mass is 10.0. The van der Waals surface area contributed by atoms with E-state index in [0.29, 0.717) is 6.42 Å². The highest BCUT2D eigenvalue weighted by Crippen LogP contribution is 2.13. The molecule has 0 fully saturated rings. The molecule has 74 valence electrons. The average molecular weight is 188 g/mol. The third-order valence-corrected chi connectivity index (χ3v) is 1.99. The van der Waals surface area contributed by atoms with Gasteiger partial charge in [-0.15, -0.1) is 6.58 Å². The van der Waals surface area contributed by atoms with Crippen molar-refractivity contribution in [1.82, 2.24) is 0 Å². The number of hydrogen-bond acceptors (Lipinski definition) is 1. The third kappa shape index (κ3) is 3.58. The van der Waals surface area contributed by atoms with Crippen LogP contribution in [0, 0.1) is 0 Å². The summed E-state index contributed by atoms with van der Waals surface area (Å²) >= 11 is 0. The van der Waals surface area contributed by atoms with Crippen LogP contribution in [-0.2, 0) is 0 Å². The minimum absolute atomic E-state index is 0.566. The molecule has 0 heterocycles. The van der Waals surface area contributed by atoms with Crippen LogP contribution < -0.4 is 0 Å². The standard InChI is InChI=1S/C13H16O/c1-3-10-13(2,14)11-9-12-7-5-4-6-8-12/h3-9,11,14H,1,10H2,2H3/b11-9+. The summed E-state index contributed by atoms with van der Waals surface area (Å²) in [5.41, 5.74) is 0.300. The van der Waals surface area contributed by atoms with Crippen LogP contribution in [0.4, 0.5) is 0 Å². The van der Waals surface area contributed by atoms with Crippen LogP contribution in [0.15, 0.2) is 49.1 Å². The molecule has 1 N–H and O–H groups in total. The smallest absolute Gasteiger partial charge is 0.0837 e. The molecule has 1 aromatic carbocycles. The third-order valence-electron chi connectivity index (χ3n) is 1.99. The molecule has 0 amide bonds. The maximum atomic E-state index is 9.82. The Labute approximate surface area is 85.4 Å². The van der Waals surface area contributed by atoms with Gasteiger partial charge in [-0.3, -0.25) is 0 Å². The average Bonchev–Trinajstić information content (AvgIpc) is 2.17. The van der Waals surface area contributed by atoms with Crippen molar-refractivity contribution in [2.24, 2.45) is 0 Å². The predicted molar refractivity (Wildman–Crippen MR) is 60.9 cm³/mol. The molecule has 0 bridgehead atoms. The Kier molecular flexibility index (Phi) is 3.66. The van der Waals surface area contributed by atoms with Gasteiger partial charge in [0.05, 0.1) is 5.60 Å². The van der Waals surface area contributed by atoms with Crippen LogP contribution in [0.5, 0.6) is 0 Å². The molecule has 1 atom stereocenters. The molecule has 0 aliphatic heterocycles. The zero-order valence-electron chi connectivity index (χ0n) is 8.48. The van der Waals surface area contributed by atoms with Crippen molar-refractivity contribution in [3.63, 3.8) is 0 Å².